The number of hydrogen-bond acceptors (Lipinski definition) is 4. The van der Waals surface area contributed by atoms with Gasteiger partial charge in [-0.15, -0.1) is 0 Å². The first-order valence-corrected chi connectivity index (χ1v) is 7.89. The third-order valence-electron chi connectivity index (χ3n) is 3.26. The molecule has 19 heavy (non-hydrogen) atoms. The van der Waals surface area contributed by atoms with Crippen LogP contribution in [0.3, 0.4) is 0 Å². The highest BCUT2D eigenvalue weighted by Gasteiger charge is 2.10. The van der Waals surface area contributed by atoms with Gasteiger partial charge in [0, 0.05) is 31.0 Å². The summed E-state index contributed by atoms with van der Waals surface area (Å²) in [7, 11) is 0. The molecule has 0 bridgehead atoms. The molecule has 1 aromatic rings. The van der Waals surface area contributed by atoms with Crippen LogP contribution in [-0.2, 0) is 4.74 Å². The van der Waals surface area contributed by atoms with Crippen LogP contribution in [0, 0.1) is 6.92 Å². The maximum Gasteiger partial charge on any atom is 0.172 e. The lowest BCUT2D eigenvalue weighted by atomic mass is 10.1. The van der Waals surface area contributed by atoms with Crippen LogP contribution in [0.2, 0.25) is 0 Å². The van der Waals surface area contributed by atoms with Crippen molar-refractivity contribution >= 4 is 17.5 Å². The fourth-order valence-electron chi connectivity index (χ4n) is 2.01. The van der Waals surface area contributed by atoms with Gasteiger partial charge in [-0.05, 0) is 6.92 Å². The average molecular weight is 279 g/mol. The second-order valence-electron chi connectivity index (χ2n) is 4.80. The zero-order valence-corrected chi connectivity index (χ0v) is 12.2. The SMILES string of the molecule is Cc1ccc(C(=O)CSCCN2CCOCC2)cc1. The number of ether oxygens (including phenoxy) is 1. The number of benzene rings is 1. The van der Waals surface area contributed by atoms with Gasteiger partial charge in [-0.1, -0.05) is 29.8 Å². The van der Waals surface area contributed by atoms with Crippen molar-refractivity contribution in [3.63, 3.8) is 0 Å². The molecular formula is C15H21NO2S. The zero-order chi connectivity index (χ0) is 13.5. The van der Waals surface area contributed by atoms with Crippen molar-refractivity contribution < 1.29 is 9.53 Å². The monoisotopic (exact) mass is 279 g/mol. The number of ketones is 1. The molecule has 0 aliphatic carbocycles. The molecular weight excluding hydrogens is 258 g/mol. The molecule has 2 rings (SSSR count). The van der Waals surface area contributed by atoms with Gasteiger partial charge in [0.1, 0.15) is 0 Å². The summed E-state index contributed by atoms with van der Waals surface area (Å²) in [5.74, 6) is 1.82. The molecule has 0 spiro atoms. The molecule has 1 fully saturated rings. The maximum absolute atomic E-state index is 12.0. The average Bonchev–Trinajstić information content (AvgIpc) is 2.45. The molecule has 1 heterocycles. The molecule has 0 atom stereocenters. The van der Waals surface area contributed by atoms with Crippen LogP contribution in [0.25, 0.3) is 0 Å². The van der Waals surface area contributed by atoms with Crippen molar-refractivity contribution in [1.82, 2.24) is 4.90 Å². The van der Waals surface area contributed by atoms with E-state index in [-0.39, 0.29) is 5.78 Å². The Bertz CT molecular complexity index is 399. The van der Waals surface area contributed by atoms with E-state index in [0.717, 1.165) is 44.2 Å². The molecule has 0 aromatic heterocycles. The Kier molecular flexibility index (Phi) is 5.89. The van der Waals surface area contributed by atoms with Gasteiger partial charge in [-0.3, -0.25) is 9.69 Å². The number of thioether (sulfide) groups is 1. The highest BCUT2D eigenvalue weighted by Crippen LogP contribution is 2.09. The van der Waals surface area contributed by atoms with Crippen LogP contribution in [0.1, 0.15) is 15.9 Å². The Labute approximate surface area is 119 Å². The molecule has 1 aliphatic rings. The minimum atomic E-state index is 0.229. The van der Waals surface area contributed by atoms with Crippen molar-refractivity contribution in [3.05, 3.63) is 35.4 Å². The molecule has 1 aliphatic heterocycles. The van der Waals surface area contributed by atoms with Gasteiger partial charge in [-0.2, -0.15) is 11.8 Å². The van der Waals surface area contributed by atoms with Crippen molar-refractivity contribution in [3.8, 4) is 0 Å². The minimum Gasteiger partial charge on any atom is -0.379 e. The van der Waals surface area contributed by atoms with Crippen LogP contribution < -0.4 is 0 Å². The van der Waals surface area contributed by atoms with Gasteiger partial charge >= 0.3 is 0 Å². The number of Topliss-reactive ketones (excluding diaryl/α,β-unsaturated/α-hetero) is 1. The summed E-state index contributed by atoms with van der Waals surface area (Å²) in [5, 5.41) is 0. The molecule has 104 valence electrons. The van der Waals surface area contributed by atoms with Crippen LogP contribution in [0.4, 0.5) is 0 Å². The summed E-state index contributed by atoms with van der Waals surface area (Å²) in [5.41, 5.74) is 2.01. The molecule has 0 amide bonds. The number of carbonyl (C=O) groups excluding carboxylic acids is 1. The Morgan fingerprint density at radius 2 is 1.95 bits per heavy atom. The van der Waals surface area contributed by atoms with Crippen LogP contribution in [-0.4, -0.2) is 55.0 Å². The van der Waals surface area contributed by atoms with Crippen LogP contribution in [0.5, 0.6) is 0 Å². The minimum absolute atomic E-state index is 0.229. The van der Waals surface area contributed by atoms with Crippen molar-refractivity contribution in [2.45, 2.75) is 6.92 Å². The Balaban J connectivity index is 1.64. The first-order chi connectivity index (χ1) is 9.25. The first-order valence-electron chi connectivity index (χ1n) is 6.73. The smallest absolute Gasteiger partial charge is 0.172 e. The normalized spacial score (nSPS) is 16.5. The second-order valence-corrected chi connectivity index (χ2v) is 5.90. The number of aryl methyl sites for hydroxylation is 1. The van der Waals surface area contributed by atoms with Crippen molar-refractivity contribution in [1.29, 1.82) is 0 Å². The molecule has 1 saturated heterocycles. The lowest BCUT2D eigenvalue weighted by Gasteiger charge is -2.26. The van der Waals surface area contributed by atoms with Crippen molar-refractivity contribution in [2.75, 3.05) is 44.4 Å². The summed E-state index contributed by atoms with van der Waals surface area (Å²) in [6, 6.07) is 7.82. The summed E-state index contributed by atoms with van der Waals surface area (Å²) in [6.07, 6.45) is 0. The van der Waals surface area contributed by atoms with Gasteiger partial charge in [0.15, 0.2) is 5.78 Å². The summed E-state index contributed by atoms with van der Waals surface area (Å²) < 4.78 is 5.31. The van der Waals surface area contributed by atoms with E-state index < -0.39 is 0 Å². The first kappa shape index (κ1) is 14.6. The van der Waals surface area contributed by atoms with Crippen LogP contribution in [0.15, 0.2) is 24.3 Å². The molecule has 0 saturated carbocycles. The maximum atomic E-state index is 12.0. The highest BCUT2D eigenvalue weighted by atomic mass is 32.2. The molecule has 0 unspecified atom stereocenters. The highest BCUT2D eigenvalue weighted by molar-refractivity contribution is 8.00. The molecule has 1 aromatic carbocycles. The van der Waals surface area contributed by atoms with E-state index in [1.165, 1.54) is 5.56 Å². The molecule has 0 N–H and O–H groups in total. The molecule has 4 heteroatoms. The van der Waals surface area contributed by atoms with E-state index in [0.29, 0.717) is 5.75 Å². The zero-order valence-electron chi connectivity index (χ0n) is 11.4. The third-order valence-corrected chi connectivity index (χ3v) is 4.20. The van der Waals surface area contributed by atoms with Gasteiger partial charge in [0.25, 0.3) is 0 Å². The predicted molar refractivity (Wildman–Crippen MR) is 80.1 cm³/mol. The molecule has 0 radical (unpaired) electrons. The van der Waals surface area contributed by atoms with Gasteiger partial charge < -0.3 is 4.74 Å². The predicted octanol–water partition coefficient (Wildman–Crippen LogP) is 2.24. The number of morpholine rings is 1. The van der Waals surface area contributed by atoms with E-state index in [1.807, 2.05) is 31.2 Å². The summed E-state index contributed by atoms with van der Waals surface area (Å²) >= 11 is 1.72. The Morgan fingerprint density at radius 3 is 2.63 bits per heavy atom. The third kappa shape index (κ3) is 4.97. The van der Waals surface area contributed by atoms with Crippen molar-refractivity contribution in [2.24, 2.45) is 0 Å². The standard InChI is InChI=1S/C15H21NO2S/c1-13-2-4-14(5-3-13)15(17)12-19-11-8-16-6-9-18-10-7-16/h2-5H,6-12H2,1H3. The van der Waals surface area contributed by atoms with E-state index in [2.05, 4.69) is 4.90 Å². The number of carbonyl (C=O) groups is 1. The quantitative estimate of drug-likeness (QED) is 0.590. The number of nitrogens with zero attached hydrogens (tertiary/aromatic N) is 1. The van der Waals surface area contributed by atoms with E-state index in [4.69, 9.17) is 4.74 Å². The number of hydrogen-bond donors (Lipinski definition) is 0. The number of rotatable bonds is 6. The Morgan fingerprint density at radius 1 is 1.26 bits per heavy atom. The second kappa shape index (κ2) is 7.68. The lowest BCUT2D eigenvalue weighted by molar-refractivity contribution is 0.0410. The Hall–Kier alpha value is -0.840. The van der Waals surface area contributed by atoms with Crippen LogP contribution >= 0.6 is 11.8 Å². The van der Waals surface area contributed by atoms with Gasteiger partial charge in [-0.25, -0.2) is 0 Å². The van der Waals surface area contributed by atoms with Gasteiger partial charge in [0.2, 0.25) is 0 Å². The topological polar surface area (TPSA) is 29.5 Å². The molecule has 3 nitrogen and oxygen atoms in total. The lowest BCUT2D eigenvalue weighted by Crippen LogP contribution is -2.37. The largest absolute Gasteiger partial charge is 0.379 e. The summed E-state index contributed by atoms with van der Waals surface area (Å²) in [4.78, 5) is 14.3. The van der Waals surface area contributed by atoms with E-state index in [9.17, 15) is 4.79 Å². The fourth-order valence-corrected chi connectivity index (χ4v) is 2.89. The van der Waals surface area contributed by atoms with E-state index in [1.54, 1.807) is 11.8 Å². The van der Waals surface area contributed by atoms with Gasteiger partial charge in [0.05, 0.1) is 19.0 Å². The summed E-state index contributed by atoms with van der Waals surface area (Å²) in [6.45, 7) is 6.80. The van der Waals surface area contributed by atoms with E-state index >= 15 is 0 Å². The fraction of sp³-hybridized carbons (Fsp3) is 0.533.